The number of nitrogens with zero attached hydrogens (tertiary/aromatic N) is 1. The van der Waals surface area contributed by atoms with Gasteiger partial charge in [0.25, 0.3) is 6.43 Å². The van der Waals surface area contributed by atoms with Crippen LogP contribution in [0.4, 0.5) is 13.2 Å². The number of alkyl halides is 2. The predicted molar refractivity (Wildman–Crippen MR) is 73.2 cm³/mol. The number of benzene rings is 1. The highest BCUT2D eigenvalue weighted by Crippen LogP contribution is 2.29. The van der Waals surface area contributed by atoms with E-state index in [1.807, 2.05) is 13.8 Å². The van der Waals surface area contributed by atoms with E-state index < -0.39 is 36.9 Å². The van der Waals surface area contributed by atoms with Gasteiger partial charge in [0.05, 0.1) is 12.6 Å². The molecule has 6 heteroatoms. The molecular weight excluding hydrogens is 281 g/mol. The second-order valence-electron chi connectivity index (χ2n) is 5.65. The number of amides is 1. The first-order chi connectivity index (χ1) is 9.90. The quantitative estimate of drug-likeness (QED) is 0.907. The Kier molecular flexibility index (Phi) is 4.88. The number of nitrogens with one attached hydrogen (secondary N) is 1. The second-order valence-corrected chi connectivity index (χ2v) is 5.65. The standard InChI is InChI=1S/C15H19F3N2O/c1-9(2)7-12-15(21)20(8-13(17)18)14(19-12)10-5-3-4-6-11(10)16/h3-6,9,12-14,19H,7-8H2,1-2H3. The maximum Gasteiger partial charge on any atom is 0.255 e. The third-order valence-electron chi connectivity index (χ3n) is 3.49. The Morgan fingerprint density at radius 3 is 2.52 bits per heavy atom. The molecule has 2 atom stereocenters. The predicted octanol–water partition coefficient (Wildman–Crippen LogP) is 2.94. The molecule has 1 aromatic carbocycles. The zero-order chi connectivity index (χ0) is 15.6. The van der Waals surface area contributed by atoms with Crippen molar-refractivity contribution >= 4 is 5.91 Å². The molecule has 0 bridgehead atoms. The average molecular weight is 300 g/mol. The van der Waals surface area contributed by atoms with Crippen molar-refractivity contribution in [1.29, 1.82) is 0 Å². The molecule has 0 spiro atoms. The topological polar surface area (TPSA) is 32.3 Å². The fourth-order valence-corrected chi connectivity index (χ4v) is 2.62. The van der Waals surface area contributed by atoms with Gasteiger partial charge in [-0.15, -0.1) is 0 Å². The molecule has 1 aliphatic rings. The summed E-state index contributed by atoms with van der Waals surface area (Å²) in [5, 5.41) is 2.99. The Balaban J connectivity index is 2.28. The highest BCUT2D eigenvalue weighted by Gasteiger charge is 2.41. The summed E-state index contributed by atoms with van der Waals surface area (Å²) in [6, 6.07) is 5.38. The normalized spacial score (nSPS) is 22.6. The Bertz CT molecular complexity index is 507. The molecular formula is C15H19F3N2O. The number of halogens is 3. The van der Waals surface area contributed by atoms with Crippen molar-refractivity contribution in [1.82, 2.24) is 10.2 Å². The van der Waals surface area contributed by atoms with Gasteiger partial charge in [0, 0.05) is 5.56 Å². The summed E-state index contributed by atoms with van der Waals surface area (Å²) in [5.74, 6) is -0.663. The lowest BCUT2D eigenvalue weighted by Crippen LogP contribution is -2.35. The first kappa shape index (κ1) is 15.8. The Hall–Kier alpha value is -1.56. The zero-order valence-corrected chi connectivity index (χ0v) is 12.0. The van der Waals surface area contributed by atoms with Crippen LogP contribution in [0.1, 0.15) is 32.0 Å². The summed E-state index contributed by atoms with van der Waals surface area (Å²) < 4.78 is 39.4. The van der Waals surface area contributed by atoms with Crippen LogP contribution in [0.2, 0.25) is 0 Å². The molecule has 116 valence electrons. The largest absolute Gasteiger partial charge is 0.316 e. The van der Waals surface area contributed by atoms with Gasteiger partial charge in [-0.25, -0.2) is 13.2 Å². The maximum atomic E-state index is 13.9. The summed E-state index contributed by atoms with van der Waals surface area (Å²) in [6.45, 7) is 3.20. The minimum atomic E-state index is -2.65. The molecule has 2 unspecified atom stereocenters. The van der Waals surface area contributed by atoms with Crippen molar-refractivity contribution in [3.05, 3.63) is 35.6 Å². The van der Waals surface area contributed by atoms with Crippen molar-refractivity contribution in [3.8, 4) is 0 Å². The van der Waals surface area contributed by atoms with Gasteiger partial charge in [0.1, 0.15) is 12.0 Å². The first-order valence-corrected chi connectivity index (χ1v) is 6.99. The maximum absolute atomic E-state index is 13.9. The lowest BCUT2D eigenvalue weighted by molar-refractivity contribution is -0.132. The van der Waals surface area contributed by atoms with Crippen molar-refractivity contribution in [2.75, 3.05) is 6.54 Å². The molecule has 2 rings (SSSR count). The van der Waals surface area contributed by atoms with Gasteiger partial charge in [-0.1, -0.05) is 32.0 Å². The van der Waals surface area contributed by atoms with Crippen LogP contribution < -0.4 is 5.32 Å². The van der Waals surface area contributed by atoms with Gasteiger partial charge < -0.3 is 4.90 Å². The van der Waals surface area contributed by atoms with Crippen molar-refractivity contribution in [2.45, 2.75) is 38.9 Å². The van der Waals surface area contributed by atoms with Crippen LogP contribution in [0.25, 0.3) is 0 Å². The minimum Gasteiger partial charge on any atom is -0.316 e. The van der Waals surface area contributed by atoms with E-state index in [0.29, 0.717) is 6.42 Å². The van der Waals surface area contributed by atoms with E-state index in [1.165, 1.54) is 18.2 Å². The van der Waals surface area contributed by atoms with Gasteiger partial charge in [-0.3, -0.25) is 10.1 Å². The molecule has 0 saturated carbocycles. The van der Waals surface area contributed by atoms with Gasteiger partial charge in [-0.2, -0.15) is 0 Å². The zero-order valence-electron chi connectivity index (χ0n) is 12.0. The second kappa shape index (κ2) is 6.47. The highest BCUT2D eigenvalue weighted by molar-refractivity contribution is 5.84. The van der Waals surface area contributed by atoms with Gasteiger partial charge in [0.15, 0.2) is 0 Å². The highest BCUT2D eigenvalue weighted by atomic mass is 19.3. The van der Waals surface area contributed by atoms with Crippen molar-refractivity contribution in [3.63, 3.8) is 0 Å². The SMILES string of the molecule is CC(C)CC1NC(c2ccccc2F)N(CC(F)F)C1=O. The lowest BCUT2D eigenvalue weighted by atomic mass is 10.0. The fourth-order valence-electron chi connectivity index (χ4n) is 2.62. The minimum absolute atomic E-state index is 0.220. The average Bonchev–Trinajstić information content (AvgIpc) is 2.67. The van der Waals surface area contributed by atoms with Crippen LogP contribution in [0.15, 0.2) is 24.3 Å². The van der Waals surface area contributed by atoms with E-state index in [1.54, 1.807) is 6.07 Å². The molecule has 3 nitrogen and oxygen atoms in total. The van der Waals surface area contributed by atoms with Gasteiger partial charge in [-0.05, 0) is 18.4 Å². The third kappa shape index (κ3) is 3.56. The van der Waals surface area contributed by atoms with E-state index >= 15 is 0 Å². The Morgan fingerprint density at radius 1 is 1.29 bits per heavy atom. The van der Waals surface area contributed by atoms with Gasteiger partial charge >= 0.3 is 0 Å². The van der Waals surface area contributed by atoms with E-state index in [-0.39, 0.29) is 11.5 Å². The fraction of sp³-hybridized carbons (Fsp3) is 0.533. The van der Waals surface area contributed by atoms with E-state index in [0.717, 1.165) is 4.90 Å². The molecule has 1 amide bonds. The van der Waals surface area contributed by atoms with E-state index in [2.05, 4.69) is 5.32 Å². The number of hydrogen-bond acceptors (Lipinski definition) is 2. The lowest BCUT2D eigenvalue weighted by Gasteiger charge is -2.24. The molecule has 0 aliphatic carbocycles. The molecule has 1 heterocycles. The molecule has 0 aromatic heterocycles. The molecule has 1 aliphatic heterocycles. The van der Waals surface area contributed by atoms with Gasteiger partial charge in [0.2, 0.25) is 5.91 Å². The summed E-state index contributed by atoms with van der Waals surface area (Å²) in [7, 11) is 0. The van der Waals surface area contributed by atoms with Crippen molar-refractivity contribution < 1.29 is 18.0 Å². The van der Waals surface area contributed by atoms with Crippen LogP contribution in [0, 0.1) is 11.7 Å². The molecule has 1 N–H and O–H groups in total. The number of carbonyl (C=O) groups is 1. The Morgan fingerprint density at radius 2 is 1.95 bits per heavy atom. The number of carbonyl (C=O) groups excluding carboxylic acids is 1. The number of rotatable bonds is 5. The molecule has 1 saturated heterocycles. The van der Waals surface area contributed by atoms with Crippen molar-refractivity contribution in [2.24, 2.45) is 5.92 Å². The molecule has 1 aromatic rings. The molecule has 0 radical (unpaired) electrons. The van der Waals surface area contributed by atoms with Crippen LogP contribution >= 0.6 is 0 Å². The summed E-state index contributed by atoms with van der Waals surface area (Å²) in [4.78, 5) is 13.3. The van der Waals surface area contributed by atoms with E-state index in [4.69, 9.17) is 0 Å². The molecule has 1 fully saturated rings. The van der Waals surface area contributed by atoms with Crippen LogP contribution in [0.3, 0.4) is 0 Å². The monoisotopic (exact) mass is 300 g/mol. The summed E-state index contributed by atoms with van der Waals surface area (Å²) in [5.41, 5.74) is 0.220. The van der Waals surface area contributed by atoms with E-state index in [9.17, 15) is 18.0 Å². The number of hydrogen-bond donors (Lipinski definition) is 1. The van der Waals surface area contributed by atoms with Crippen LogP contribution in [-0.2, 0) is 4.79 Å². The molecule has 21 heavy (non-hydrogen) atoms. The Labute approximate surface area is 122 Å². The van der Waals surface area contributed by atoms with Crippen LogP contribution in [-0.4, -0.2) is 29.8 Å². The smallest absolute Gasteiger partial charge is 0.255 e. The summed E-state index contributed by atoms with van der Waals surface area (Å²) >= 11 is 0. The third-order valence-corrected chi connectivity index (χ3v) is 3.49. The first-order valence-electron chi connectivity index (χ1n) is 6.99. The summed E-state index contributed by atoms with van der Waals surface area (Å²) in [6.07, 6.45) is -2.96. The van der Waals surface area contributed by atoms with Crippen LogP contribution in [0.5, 0.6) is 0 Å².